The number of carbonyl (C=O) groups is 1. The van der Waals surface area contributed by atoms with Crippen molar-refractivity contribution >= 4 is 5.97 Å². The van der Waals surface area contributed by atoms with E-state index >= 15 is 0 Å². The number of rotatable bonds is 9. The predicted octanol–water partition coefficient (Wildman–Crippen LogP) is 6.56. The van der Waals surface area contributed by atoms with Crippen LogP contribution in [0.25, 0.3) is 11.1 Å². The van der Waals surface area contributed by atoms with Gasteiger partial charge >= 0.3 is 5.97 Å². The number of hydrogen-bond acceptors (Lipinski definition) is 4. The third-order valence-corrected chi connectivity index (χ3v) is 7.59. The molecular weight excluding hydrogens is 424 g/mol. The first kappa shape index (κ1) is 24.7. The summed E-state index contributed by atoms with van der Waals surface area (Å²) < 4.78 is 11.6. The maximum absolute atomic E-state index is 11.6. The first-order chi connectivity index (χ1) is 16.7. The molecule has 1 saturated carbocycles. The second-order valence-electron chi connectivity index (χ2n) is 9.80. The normalized spacial score (nSPS) is 21.2. The molecule has 2 aliphatic rings. The molecule has 0 bridgehead atoms. The van der Waals surface area contributed by atoms with E-state index in [0.717, 1.165) is 53.5 Å². The second-order valence-corrected chi connectivity index (χ2v) is 9.80. The maximum atomic E-state index is 11.6. The summed E-state index contributed by atoms with van der Waals surface area (Å²) in [4.78, 5) is 11.6. The van der Waals surface area contributed by atoms with Crippen LogP contribution in [0.5, 0.6) is 0 Å². The second kappa shape index (κ2) is 12.3. The Hall–Kier alpha value is -2.43. The predicted molar refractivity (Wildman–Crippen MR) is 135 cm³/mol. The molecule has 4 nitrogen and oxygen atoms in total. The summed E-state index contributed by atoms with van der Waals surface area (Å²) in [7, 11) is 0. The number of aliphatic hydroxyl groups is 1. The summed E-state index contributed by atoms with van der Waals surface area (Å²) in [5.41, 5.74) is 5.53. The third-order valence-electron chi connectivity index (χ3n) is 7.59. The fraction of sp³-hybridized carbons (Fsp3) is 0.500. The smallest absolute Gasteiger partial charge is 0.330 e. The first-order valence-electron chi connectivity index (χ1n) is 12.9. The summed E-state index contributed by atoms with van der Waals surface area (Å²) in [6.45, 7) is 4.71. The summed E-state index contributed by atoms with van der Waals surface area (Å²) >= 11 is 0. The van der Waals surface area contributed by atoms with E-state index in [1.165, 1.54) is 50.2 Å². The van der Waals surface area contributed by atoms with E-state index in [9.17, 15) is 9.90 Å². The molecule has 2 aromatic rings. The molecular formula is C30H38O4. The zero-order chi connectivity index (χ0) is 23.8. The van der Waals surface area contributed by atoms with E-state index in [2.05, 4.69) is 49.0 Å². The average Bonchev–Trinajstić information content (AvgIpc) is 2.91. The molecule has 1 saturated heterocycles. The fourth-order valence-electron chi connectivity index (χ4n) is 5.56. The van der Waals surface area contributed by atoms with E-state index in [-0.39, 0.29) is 19.3 Å². The van der Waals surface area contributed by atoms with Gasteiger partial charge in [0, 0.05) is 12.7 Å². The summed E-state index contributed by atoms with van der Waals surface area (Å²) in [5, 5.41) is 9.21. The highest BCUT2D eigenvalue weighted by Crippen LogP contribution is 2.39. The van der Waals surface area contributed by atoms with Crippen LogP contribution in [0.15, 0.2) is 55.1 Å². The molecule has 1 N–H and O–H groups in total. The highest BCUT2D eigenvalue weighted by Gasteiger charge is 2.29. The van der Waals surface area contributed by atoms with Crippen LogP contribution in [0.2, 0.25) is 0 Å². The topological polar surface area (TPSA) is 55.8 Å². The number of benzene rings is 2. The lowest BCUT2D eigenvalue weighted by Gasteiger charge is -2.36. The van der Waals surface area contributed by atoms with Gasteiger partial charge in [0.2, 0.25) is 0 Å². The zero-order valence-corrected chi connectivity index (χ0v) is 20.2. The van der Waals surface area contributed by atoms with Crippen LogP contribution < -0.4 is 0 Å². The lowest BCUT2D eigenvalue weighted by atomic mass is 9.77. The number of aliphatic hydroxyl groups excluding tert-OH is 1. The number of ether oxygens (including phenoxy) is 2. The van der Waals surface area contributed by atoms with Gasteiger partial charge in [0.25, 0.3) is 0 Å². The van der Waals surface area contributed by atoms with Crippen molar-refractivity contribution in [3.05, 3.63) is 71.8 Å². The number of hydrogen-bond donors (Lipinski definition) is 1. The minimum Gasteiger partial charge on any atom is -0.458 e. The van der Waals surface area contributed by atoms with Gasteiger partial charge in [-0.15, -0.1) is 0 Å². The van der Waals surface area contributed by atoms with Gasteiger partial charge in [0.05, 0.1) is 12.7 Å². The number of aryl methyl sites for hydroxylation is 1. The molecule has 182 valence electrons. The molecule has 1 heterocycles. The highest BCUT2D eigenvalue weighted by molar-refractivity contribution is 5.81. The largest absolute Gasteiger partial charge is 0.458 e. The van der Waals surface area contributed by atoms with Crippen LogP contribution in [0.4, 0.5) is 0 Å². The molecule has 1 aliphatic carbocycles. The Kier molecular flexibility index (Phi) is 8.95. The van der Waals surface area contributed by atoms with E-state index < -0.39 is 5.97 Å². The van der Waals surface area contributed by atoms with E-state index in [1.807, 2.05) is 0 Å². The maximum Gasteiger partial charge on any atom is 0.330 e. The van der Waals surface area contributed by atoms with Crippen molar-refractivity contribution in [3.63, 3.8) is 0 Å². The average molecular weight is 463 g/mol. The first-order valence-corrected chi connectivity index (χ1v) is 12.9. The molecule has 2 fully saturated rings. The van der Waals surface area contributed by atoms with E-state index in [1.54, 1.807) is 0 Å². The van der Waals surface area contributed by atoms with Crippen LogP contribution in [0.1, 0.15) is 74.2 Å². The van der Waals surface area contributed by atoms with Crippen LogP contribution in [-0.4, -0.2) is 24.3 Å². The van der Waals surface area contributed by atoms with Gasteiger partial charge in [-0.3, -0.25) is 0 Å². The van der Waals surface area contributed by atoms with Gasteiger partial charge in [-0.25, -0.2) is 4.79 Å². The van der Waals surface area contributed by atoms with Crippen LogP contribution >= 0.6 is 0 Å². The lowest BCUT2D eigenvalue weighted by Crippen LogP contribution is -2.28. The van der Waals surface area contributed by atoms with Crippen LogP contribution in [0, 0.1) is 11.8 Å². The van der Waals surface area contributed by atoms with Gasteiger partial charge in [-0.05, 0) is 71.4 Å². The molecule has 34 heavy (non-hydrogen) atoms. The Morgan fingerprint density at radius 2 is 1.74 bits per heavy atom. The van der Waals surface area contributed by atoms with Gasteiger partial charge in [0.15, 0.2) is 0 Å². The van der Waals surface area contributed by atoms with Gasteiger partial charge in [-0.1, -0.05) is 75.1 Å². The Labute approximate surface area is 204 Å². The standard InChI is InChI=1S/C30H38O4/c1-2-30(32)34-21-28-19-26(15-12-23(28)9-6-18-31)24-10-13-25(14-11-24)29-17-16-27(20-33-29)22-7-4-3-5-8-22/h2,10-15,19,22,27,29,31H,1,3-9,16-18,20-21H2. The Morgan fingerprint density at radius 1 is 0.971 bits per heavy atom. The quantitative estimate of drug-likeness (QED) is 0.339. The molecule has 2 aromatic carbocycles. The van der Waals surface area contributed by atoms with Crippen molar-refractivity contribution in [2.75, 3.05) is 13.2 Å². The molecule has 4 rings (SSSR count). The number of carbonyl (C=O) groups excluding carboxylic acids is 1. The molecule has 4 heteroatoms. The molecule has 0 aromatic heterocycles. The molecule has 2 unspecified atom stereocenters. The van der Waals surface area contributed by atoms with Crippen LogP contribution in [0.3, 0.4) is 0 Å². The molecule has 0 spiro atoms. The van der Waals surface area contributed by atoms with Gasteiger partial charge < -0.3 is 14.6 Å². The van der Waals surface area contributed by atoms with Gasteiger partial charge in [-0.2, -0.15) is 0 Å². The van der Waals surface area contributed by atoms with Crippen molar-refractivity contribution < 1.29 is 19.4 Å². The minimum absolute atomic E-state index is 0.139. The molecule has 0 amide bonds. The SMILES string of the molecule is C=CC(=O)OCc1cc(-c2ccc(C3CCC(C4CCCCC4)CO3)cc2)ccc1CCCO. The lowest BCUT2D eigenvalue weighted by molar-refractivity contribution is -0.138. The fourth-order valence-corrected chi connectivity index (χ4v) is 5.56. The zero-order valence-electron chi connectivity index (χ0n) is 20.2. The van der Waals surface area contributed by atoms with Crippen molar-refractivity contribution in [1.82, 2.24) is 0 Å². The van der Waals surface area contributed by atoms with Gasteiger partial charge in [0.1, 0.15) is 6.61 Å². The minimum atomic E-state index is -0.430. The monoisotopic (exact) mass is 462 g/mol. The molecule has 0 radical (unpaired) electrons. The third kappa shape index (κ3) is 6.37. The summed E-state index contributed by atoms with van der Waals surface area (Å²) in [5.74, 6) is 1.19. The molecule has 1 aliphatic heterocycles. The molecule has 2 atom stereocenters. The Balaban J connectivity index is 1.41. The van der Waals surface area contributed by atoms with Crippen molar-refractivity contribution in [3.8, 4) is 11.1 Å². The summed E-state index contributed by atoms with van der Waals surface area (Å²) in [6, 6.07) is 15.0. The van der Waals surface area contributed by atoms with E-state index in [4.69, 9.17) is 9.47 Å². The van der Waals surface area contributed by atoms with Crippen molar-refractivity contribution in [1.29, 1.82) is 0 Å². The summed E-state index contributed by atoms with van der Waals surface area (Å²) in [6.07, 6.45) is 12.2. The number of esters is 1. The Morgan fingerprint density at radius 3 is 2.41 bits per heavy atom. The van der Waals surface area contributed by atoms with E-state index in [0.29, 0.717) is 6.42 Å². The van der Waals surface area contributed by atoms with Crippen molar-refractivity contribution in [2.24, 2.45) is 11.8 Å². The van der Waals surface area contributed by atoms with Crippen LogP contribution in [-0.2, 0) is 27.3 Å². The highest BCUT2D eigenvalue weighted by atomic mass is 16.5. The Bertz CT molecular complexity index is 935. The van der Waals surface area contributed by atoms with Crippen molar-refractivity contribution in [2.45, 2.75) is 70.5 Å².